The molecule has 6 nitrogen and oxygen atoms in total. The fraction of sp³-hybridized carbons (Fsp3) is 0.417. The van der Waals surface area contributed by atoms with E-state index in [-0.39, 0.29) is 23.3 Å². The molecule has 0 radical (unpaired) electrons. The van der Waals surface area contributed by atoms with Crippen LogP contribution in [-0.4, -0.2) is 41.1 Å². The lowest BCUT2D eigenvalue weighted by molar-refractivity contribution is 0.0948. The van der Waals surface area contributed by atoms with Crippen LogP contribution in [-0.2, 0) is 9.84 Å². The Labute approximate surface area is 120 Å². The molecule has 2 aromatic rings. The lowest BCUT2D eigenvalue weighted by Crippen LogP contribution is -2.29. The predicted molar refractivity (Wildman–Crippen MR) is 76.5 cm³/mol. The van der Waals surface area contributed by atoms with E-state index in [4.69, 9.17) is 0 Å². The Hall–Kier alpha value is -1.54. The Morgan fingerprint density at radius 2 is 2.15 bits per heavy atom. The van der Waals surface area contributed by atoms with Crippen LogP contribution in [0.2, 0.25) is 0 Å². The molecule has 1 fully saturated rings. The van der Waals surface area contributed by atoms with E-state index in [1.54, 1.807) is 18.2 Å². The van der Waals surface area contributed by atoms with Gasteiger partial charge in [0, 0.05) is 12.1 Å². The van der Waals surface area contributed by atoms with Crippen LogP contribution >= 0.6 is 11.7 Å². The van der Waals surface area contributed by atoms with Gasteiger partial charge in [0.15, 0.2) is 9.84 Å². The summed E-state index contributed by atoms with van der Waals surface area (Å²) >= 11 is 1.11. The molecule has 1 saturated heterocycles. The number of carbonyl (C=O) groups excluding carboxylic acids is 1. The van der Waals surface area contributed by atoms with Gasteiger partial charge in [0.05, 0.1) is 23.2 Å². The number of hydrogen-bond donors (Lipinski definition) is 1. The molecule has 0 bridgehead atoms. The Morgan fingerprint density at radius 3 is 2.90 bits per heavy atom. The third kappa shape index (κ3) is 2.80. The van der Waals surface area contributed by atoms with Crippen LogP contribution in [0.3, 0.4) is 0 Å². The molecule has 1 aromatic carbocycles. The largest absolute Gasteiger partial charge is 0.352 e. The van der Waals surface area contributed by atoms with E-state index >= 15 is 0 Å². The van der Waals surface area contributed by atoms with Crippen molar-refractivity contribution in [1.82, 2.24) is 14.1 Å². The topological polar surface area (TPSA) is 89.0 Å². The maximum atomic E-state index is 12.0. The van der Waals surface area contributed by atoms with Crippen molar-refractivity contribution in [2.45, 2.75) is 6.42 Å². The fourth-order valence-electron chi connectivity index (χ4n) is 2.30. The average Bonchev–Trinajstić information content (AvgIpc) is 3.01. The Kier molecular flexibility index (Phi) is 3.43. The number of fused-ring (bicyclic) bond motifs is 1. The summed E-state index contributed by atoms with van der Waals surface area (Å²) in [6, 6.07) is 5.15. The van der Waals surface area contributed by atoms with Gasteiger partial charge in [-0.15, -0.1) is 0 Å². The highest BCUT2D eigenvalue weighted by molar-refractivity contribution is 7.91. The fourth-order valence-corrected chi connectivity index (χ4v) is 4.67. The van der Waals surface area contributed by atoms with Crippen molar-refractivity contribution < 1.29 is 13.2 Å². The van der Waals surface area contributed by atoms with Crippen LogP contribution in [0.25, 0.3) is 11.0 Å². The third-order valence-electron chi connectivity index (χ3n) is 3.39. The number of hydrogen-bond acceptors (Lipinski definition) is 6. The minimum atomic E-state index is -2.90. The Bertz CT molecular complexity index is 754. The molecule has 0 saturated carbocycles. The van der Waals surface area contributed by atoms with Crippen molar-refractivity contribution >= 4 is 38.5 Å². The molecule has 1 aliphatic heterocycles. The lowest BCUT2D eigenvalue weighted by atomic mass is 10.1. The quantitative estimate of drug-likeness (QED) is 0.908. The molecule has 8 heteroatoms. The molecule has 0 aliphatic carbocycles. The van der Waals surface area contributed by atoms with Crippen molar-refractivity contribution in [3.8, 4) is 0 Å². The summed E-state index contributed by atoms with van der Waals surface area (Å²) in [5.41, 5.74) is 1.99. The average molecular weight is 311 g/mol. The summed E-state index contributed by atoms with van der Waals surface area (Å²) in [4.78, 5) is 12.0. The van der Waals surface area contributed by atoms with E-state index in [9.17, 15) is 13.2 Å². The van der Waals surface area contributed by atoms with Gasteiger partial charge < -0.3 is 5.32 Å². The zero-order valence-corrected chi connectivity index (χ0v) is 12.2. The third-order valence-corrected chi connectivity index (χ3v) is 5.79. The van der Waals surface area contributed by atoms with Gasteiger partial charge in [0.25, 0.3) is 5.91 Å². The molecule has 1 N–H and O–H groups in total. The van der Waals surface area contributed by atoms with Gasteiger partial charge in [0.2, 0.25) is 0 Å². The monoisotopic (exact) mass is 311 g/mol. The lowest BCUT2D eigenvalue weighted by Gasteiger charge is -2.09. The first-order chi connectivity index (χ1) is 9.53. The molecular formula is C12H13N3O3S2. The molecule has 1 aliphatic rings. The number of benzene rings is 1. The summed E-state index contributed by atoms with van der Waals surface area (Å²) in [6.45, 7) is 0.394. The number of sulfone groups is 1. The van der Waals surface area contributed by atoms with E-state index in [0.29, 0.717) is 24.0 Å². The first-order valence-corrected chi connectivity index (χ1v) is 8.80. The van der Waals surface area contributed by atoms with Crippen LogP contribution in [0.15, 0.2) is 18.2 Å². The van der Waals surface area contributed by atoms with Gasteiger partial charge in [-0.2, -0.15) is 8.75 Å². The molecular weight excluding hydrogens is 298 g/mol. The summed E-state index contributed by atoms with van der Waals surface area (Å²) in [5, 5.41) is 2.79. The van der Waals surface area contributed by atoms with Gasteiger partial charge in [-0.05, 0) is 30.5 Å². The minimum Gasteiger partial charge on any atom is -0.352 e. The van der Waals surface area contributed by atoms with Gasteiger partial charge >= 0.3 is 0 Å². The predicted octanol–water partition coefficient (Wildman–Crippen LogP) is 0.856. The summed E-state index contributed by atoms with van der Waals surface area (Å²) in [7, 11) is -2.90. The van der Waals surface area contributed by atoms with Gasteiger partial charge in [-0.1, -0.05) is 0 Å². The highest BCUT2D eigenvalue weighted by Gasteiger charge is 2.27. The van der Waals surface area contributed by atoms with E-state index in [1.807, 2.05) is 0 Å². The number of amides is 1. The molecule has 0 spiro atoms. The standard InChI is InChI=1S/C12H13N3O3S2/c16-12(13-6-8-3-4-20(17,18)7-8)9-1-2-10-11(5-9)15-19-14-10/h1-2,5,8H,3-4,6-7H2,(H,13,16). The smallest absolute Gasteiger partial charge is 0.251 e. The number of carbonyl (C=O) groups is 1. The zero-order valence-electron chi connectivity index (χ0n) is 10.6. The summed E-state index contributed by atoms with van der Waals surface area (Å²) in [6.07, 6.45) is 0.623. The number of nitrogens with zero attached hydrogens (tertiary/aromatic N) is 2. The number of aromatic nitrogens is 2. The van der Waals surface area contributed by atoms with Crippen LogP contribution in [0.5, 0.6) is 0 Å². The van der Waals surface area contributed by atoms with E-state index in [0.717, 1.165) is 17.2 Å². The van der Waals surface area contributed by atoms with Gasteiger partial charge in [-0.3, -0.25) is 4.79 Å². The summed E-state index contributed by atoms with van der Waals surface area (Å²) in [5.74, 6) is 0.213. The first kappa shape index (κ1) is 13.4. The molecule has 1 aromatic heterocycles. The second-order valence-corrected chi connectivity index (χ2v) is 7.70. The van der Waals surface area contributed by atoms with Crippen LogP contribution in [0, 0.1) is 5.92 Å². The van der Waals surface area contributed by atoms with Crippen molar-refractivity contribution in [3.63, 3.8) is 0 Å². The molecule has 2 heterocycles. The van der Waals surface area contributed by atoms with Gasteiger partial charge in [-0.25, -0.2) is 8.42 Å². The van der Waals surface area contributed by atoms with Crippen molar-refractivity contribution in [2.75, 3.05) is 18.1 Å². The van der Waals surface area contributed by atoms with E-state index in [2.05, 4.69) is 14.1 Å². The van der Waals surface area contributed by atoms with Crippen molar-refractivity contribution in [1.29, 1.82) is 0 Å². The first-order valence-electron chi connectivity index (χ1n) is 6.24. The van der Waals surface area contributed by atoms with Crippen LogP contribution in [0.1, 0.15) is 16.8 Å². The van der Waals surface area contributed by atoms with E-state index in [1.165, 1.54) is 0 Å². The minimum absolute atomic E-state index is 0.0219. The van der Waals surface area contributed by atoms with Crippen LogP contribution in [0.4, 0.5) is 0 Å². The molecule has 20 heavy (non-hydrogen) atoms. The Balaban J connectivity index is 1.64. The Morgan fingerprint density at radius 1 is 1.35 bits per heavy atom. The SMILES string of the molecule is O=C(NCC1CCS(=O)(=O)C1)c1ccc2nsnc2c1. The second-order valence-electron chi connectivity index (χ2n) is 4.95. The molecule has 1 atom stereocenters. The summed E-state index contributed by atoms with van der Waals surface area (Å²) < 4.78 is 30.9. The van der Waals surface area contributed by atoms with Gasteiger partial charge in [0.1, 0.15) is 11.0 Å². The maximum Gasteiger partial charge on any atom is 0.251 e. The molecule has 106 valence electrons. The highest BCUT2D eigenvalue weighted by atomic mass is 32.2. The molecule has 1 amide bonds. The van der Waals surface area contributed by atoms with Crippen molar-refractivity contribution in [2.24, 2.45) is 5.92 Å². The normalized spacial score (nSPS) is 21.1. The van der Waals surface area contributed by atoms with Crippen molar-refractivity contribution in [3.05, 3.63) is 23.8 Å². The highest BCUT2D eigenvalue weighted by Crippen LogP contribution is 2.18. The number of nitrogens with one attached hydrogen (secondary N) is 1. The molecule has 3 rings (SSSR count). The number of rotatable bonds is 3. The zero-order chi connectivity index (χ0) is 14.2. The second kappa shape index (κ2) is 5.10. The maximum absolute atomic E-state index is 12.0. The van der Waals surface area contributed by atoms with Crippen LogP contribution < -0.4 is 5.32 Å². The molecule has 1 unspecified atom stereocenters. The van der Waals surface area contributed by atoms with E-state index < -0.39 is 9.84 Å².